The Balaban J connectivity index is 2.00. The highest BCUT2D eigenvalue weighted by Gasteiger charge is 2.27. The van der Waals surface area contributed by atoms with E-state index in [9.17, 15) is 4.79 Å². The predicted molar refractivity (Wildman–Crippen MR) is 125 cm³/mol. The third-order valence-electron chi connectivity index (χ3n) is 4.74. The highest BCUT2D eigenvalue weighted by atomic mass is 35.5. The average Bonchev–Trinajstić information content (AvgIpc) is 3.09. The molecule has 0 radical (unpaired) electrons. The third kappa shape index (κ3) is 6.34. The second-order valence-corrected chi connectivity index (χ2v) is 9.41. The van der Waals surface area contributed by atoms with Crippen LogP contribution in [-0.4, -0.2) is 21.2 Å². The number of rotatable bonds is 6. The van der Waals surface area contributed by atoms with Crippen LogP contribution in [0.2, 0.25) is 5.02 Å². The second kappa shape index (κ2) is 9.56. The van der Waals surface area contributed by atoms with Crippen LogP contribution in [0.1, 0.15) is 52.0 Å². The van der Waals surface area contributed by atoms with Crippen LogP contribution in [0.3, 0.4) is 0 Å². The number of ether oxygens (including phenoxy) is 1. The fourth-order valence-electron chi connectivity index (χ4n) is 3.34. The van der Waals surface area contributed by atoms with Crippen molar-refractivity contribution in [3.63, 3.8) is 0 Å². The number of aromatic nitrogens is 2. The van der Waals surface area contributed by atoms with Gasteiger partial charge in [0.25, 0.3) is 0 Å². The Hall–Kier alpha value is -2.79. The fourth-order valence-corrected chi connectivity index (χ4v) is 3.53. The van der Waals surface area contributed by atoms with Gasteiger partial charge in [0.15, 0.2) is 0 Å². The van der Waals surface area contributed by atoms with Gasteiger partial charge in [-0.1, -0.05) is 67.9 Å². The quantitative estimate of drug-likeness (QED) is 0.478. The summed E-state index contributed by atoms with van der Waals surface area (Å²) in [7, 11) is 0. The molecule has 1 atom stereocenters. The number of carbonyl (C=O) groups is 1. The Bertz CT molecular complexity index is 1020. The maximum atomic E-state index is 12.6. The molecule has 1 aromatic heterocycles. The van der Waals surface area contributed by atoms with E-state index in [1.54, 1.807) is 0 Å². The number of alkyl carbamates (subject to hydrolysis) is 1. The summed E-state index contributed by atoms with van der Waals surface area (Å²) in [6.07, 6.45) is 1.56. The molecular weight excluding hydrogens is 410 g/mol. The Kier molecular flexibility index (Phi) is 7.06. The van der Waals surface area contributed by atoms with Crippen LogP contribution in [0.4, 0.5) is 4.79 Å². The van der Waals surface area contributed by atoms with E-state index in [0.29, 0.717) is 11.6 Å². The number of halogens is 1. The van der Waals surface area contributed by atoms with Crippen LogP contribution in [0, 0.1) is 5.92 Å². The maximum absolute atomic E-state index is 12.6. The Morgan fingerprint density at radius 1 is 1.13 bits per heavy atom. The molecule has 0 fully saturated rings. The number of benzene rings is 2. The van der Waals surface area contributed by atoms with Crippen molar-refractivity contribution < 1.29 is 9.53 Å². The number of amides is 1. The average molecular weight is 440 g/mol. The van der Waals surface area contributed by atoms with Crippen molar-refractivity contribution in [2.24, 2.45) is 5.92 Å². The van der Waals surface area contributed by atoms with Gasteiger partial charge in [-0.2, -0.15) is 0 Å². The Labute approximate surface area is 189 Å². The first-order valence-electron chi connectivity index (χ1n) is 10.5. The van der Waals surface area contributed by atoms with Crippen LogP contribution in [0.15, 0.2) is 60.8 Å². The van der Waals surface area contributed by atoms with Gasteiger partial charge in [-0.3, -0.25) is 0 Å². The summed E-state index contributed by atoms with van der Waals surface area (Å²) in [6, 6.07) is 17.5. The van der Waals surface area contributed by atoms with Crippen molar-refractivity contribution in [2.45, 2.75) is 52.8 Å². The molecule has 0 unspecified atom stereocenters. The highest BCUT2D eigenvalue weighted by molar-refractivity contribution is 6.30. The topological polar surface area (TPSA) is 56.1 Å². The van der Waals surface area contributed by atoms with Gasteiger partial charge < -0.3 is 14.6 Å². The first-order chi connectivity index (χ1) is 14.6. The van der Waals surface area contributed by atoms with E-state index in [2.05, 4.69) is 35.9 Å². The molecule has 0 saturated heterocycles. The lowest BCUT2D eigenvalue weighted by atomic mass is 10.0. The standard InChI is InChI=1S/C25H30ClN3O2/c1-17(2)22(28-24(30)31-25(3,4)5)23-27-21(19-12-9-13-20(26)14-19)16-29(23)15-18-10-7-6-8-11-18/h6-14,16-17,22H,15H2,1-5H3,(H,28,30)/t22-/m1/s1. The lowest BCUT2D eigenvalue weighted by Crippen LogP contribution is -2.38. The molecule has 3 rings (SSSR count). The molecule has 0 aliphatic heterocycles. The van der Waals surface area contributed by atoms with E-state index in [1.165, 1.54) is 0 Å². The zero-order chi connectivity index (χ0) is 22.6. The van der Waals surface area contributed by atoms with Crippen molar-refractivity contribution in [1.29, 1.82) is 0 Å². The molecule has 164 valence electrons. The molecule has 31 heavy (non-hydrogen) atoms. The SMILES string of the molecule is CC(C)[C@@H](NC(=O)OC(C)(C)C)c1nc(-c2cccc(Cl)c2)cn1Cc1ccccc1. The summed E-state index contributed by atoms with van der Waals surface area (Å²) < 4.78 is 7.59. The summed E-state index contributed by atoms with van der Waals surface area (Å²) in [6.45, 7) is 10.3. The number of nitrogens with zero attached hydrogens (tertiary/aromatic N) is 2. The molecule has 0 aliphatic carbocycles. The molecule has 0 saturated carbocycles. The zero-order valence-corrected chi connectivity index (χ0v) is 19.5. The first kappa shape index (κ1) is 22.9. The van der Waals surface area contributed by atoms with E-state index in [-0.39, 0.29) is 12.0 Å². The van der Waals surface area contributed by atoms with Crippen LogP contribution < -0.4 is 5.32 Å². The van der Waals surface area contributed by atoms with Gasteiger partial charge in [-0.05, 0) is 44.4 Å². The summed E-state index contributed by atoms with van der Waals surface area (Å²) in [4.78, 5) is 17.5. The molecule has 5 nitrogen and oxygen atoms in total. The van der Waals surface area contributed by atoms with Gasteiger partial charge in [-0.15, -0.1) is 0 Å². The van der Waals surface area contributed by atoms with Crippen molar-refractivity contribution in [3.05, 3.63) is 77.2 Å². The predicted octanol–water partition coefficient (Wildman–Crippen LogP) is 6.47. The number of carbonyl (C=O) groups excluding carboxylic acids is 1. The van der Waals surface area contributed by atoms with Crippen LogP contribution >= 0.6 is 11.6 Å². The fraction of sp³-hybridized carbons (Fsp3) is 0.360. The molecular formula is C25H30ClN3O2. The van der Waals surface area contributed by atoms with Gasteiger partial charge in [0.1, 0.15) is 11.4 Å². The van der Waals surface area contributed by atoms with E-state index in [4.69, 9.17) is 21.3 Å². The summed E-state index contributed by atoms with van der Waals surface area (Å²) in [5.41, 5.74) is 2.32. The molecule has 0 bridgehead atoms. The van der Waals surface area contributed by atoms with Crippen molar-refractivity contribution in [2.75, 3.05) is 0 Å². The van der Waals surface area contributed by atoms with Crippen molar-refractivity contribution >= 4 is 17.7 Å². The minimum atomic E-state index is -0.572. The van der Waals surface area contributed by atoms with E-state index in [0.717, 1.165) is 22.6 Å². The smallest absolute Gasteiger partial charge is 0.408 e. The highest BCUT2D eigenvalue weighted by Crippen LogP contribution is 2.28. The summed E-state index contributed by atoms with van der Waals surface area (Å²) in [5.74, 6) is 0.886. The largest absolute Gasteiger partial charge is 0.444 e. The van der Waals surface area contributed by atoms with Gasteiger partial charge in [0.05, 0.1) is 11.7 Å². The number of imidazole rings is 1. The normalized spacial score (nSPS) is 12.6. The first-order valence-corrected chi connectivity index (χ1v) is 10.9. The summed E-state index contributed by atoms with van der Waals surface area (Å²) >= 11 is 6.21. The molecule has 0 spiro atoms. The Morgan fingerprint density at radius 3 is 2.45 bits per heavy atom. The lowest BCUT2D eigenvalue weighted by Gasteiger charge is -2.26. The van der Waals surface area contributed by atoms with E-state index in [1.807, 2.05) is 69.4 Å². The van der Waals surface area contributed by atoms with Crippen LogP contribution in [0.25, 0.3) is 11.3 Å². The monoisotopic (exact) mass is 439 g/mol. The van der Waals surface area contributed by atoms with Crippen molar-refractivity contribution in [1.82, 2.24) is 14.9 Å². The second-order valence-electron chi connectivity index (χ2n) is 8.98. The van der Waals surface area contributed by atoms with Gasteiger partial charge in [0.2, 0.25) is 0 Å². The molecule has 1 amide bonds. The molecule has 1 heterocycles. The lowest BCUT2D eigenvalue weighted by molar-refractivity contribution is 0.0485. The van der Waals surface area contributed by atoms with Crippen molar-refractivity contribution in [3.8, 4) is 11.3 Å². The molecule has 6 heteroatoms. The number of nitrogens with one attached hydrogen (secondary N) is 1. The van der Waals surface area contributed by atoms with Crippen LogP contribution in [0.5, 0.6) is 0 Å². The number of hydrogen-bond acceptors (Lipinski definition) is 3. The maximum Gasteiger partial charge on any atom is 0.408 e. The van der Waals surface area contributed by atoms with Gasteiger partial charge >= 0.3 is 6.09 Å². The number of hydrogen-bond donors (Lipinski definition) is 1. The van der Waals surface area contributed by atoms with Gasteiger partial charge in [0, 0.05) is 23.3 Å². The minimum Gasteiger partial charge on any atom is -0.444 e. The molecule has 1 N–H and O–H groups in total. The van der Waals surface area contributed by atoms with Gasteiger partial charge in [-0.25, -0.2) is 9.78 Å². The summed E-state index contributed by atoms with van der Waals surface area (Å²) in [5, 5.41) is 3.68. The van der Waals surface area contributed by atoms with E-state index < -0.39 is 11.7 Å². The molecule has 3 aromatic rings. The van der Waals surface area contributed by atoms with Crippen LogP contribution in [-0.2, 0) is 11.3 Å². The van der Waals surface area contributed by atoms with E-state index >= 15 is 0 Å². The molecule has 0 aliphatic rings. The molecule has 2 aromatic carbocycles. The minimum absolute atomic E-state index is 0.108. The zero-order valence-electron chi connectivity index (χ0n) is 18.7. The third-order valence-corrected chi connectivity index (χ3v) is 4.98. The Morgan fingerprint density at radius 2 is 1.84 bits per heavy atom.